The lowest BCUT2D eigenvalue weighted by molar-refractivity contribution is 0.245. The van der Waals surface area contributed by atoms with Gasteiger partial charge >= 0.3 is 0 Å². The number of halogens is 1. The van der Waals surface area contributed by atoms with Crippen LogP contribution in [0.3, 0.4) is 0 Å². The van der Waals surface area contributed by atoms with Crippen molar-refractivity contribution in [1.29, 1.82) is 0 Å². The molecule has 0 bridgehead atoms. The molecule has 0 radical (unpaired) electrons. The van der Waals surface area contributed by atoms with E-state index in [0.29, 0.717) is 5.92 Å². The zero-order chi connectivity index (χ0) is 14.0. The molecular formula is C15H23ClN2O. The lowest BCUT2D eigenvalue weighted by Crippen LogP contribution is -2.35. The highest BCUT2D eigenvalue weighted by Gasteiger charge is 2.31. The number of aliphatic hydroxyl groups excluding tert-OH is 1. The molecule has 0 saturated carbocycles. The molecule has 1 aromatic carbocycles. The predicted octanol–water partition coefficient (Wildman–Crippen LogP) is 2.83. The fourth-order valence-corrected chi connectivity index (χ4v) is 3.08. The molecule has 3 atom stereocenters. The Morgan fingerprint density at radius 1 is 1.53 bits per heavy atom. The fraction of sp³-hybridized carbons (Fsp3) is 0.600. The number of aliphatic hydroxyl groups is 1. The standard InChI is InChI=1S/C15H23ClN2O/c1-10-6-7-18(15(10)9-19)14-5-4-12(8-13(14)16)11(2)17-3/h4-5,8,10-11,15,17,19H,6-7,9H2,1-3H3. The van der Waals surface area contributed by atoms with Gasteiger partial charge in [0.2, 0.25) is 0 Å². The van der Waals surface area contributed by atoms with E-state index in [9.17, 15) is 5.11 Å². The minimum atomic E-state index is 0.185. The number of rotatable bonds is 4. The first kappa shape index (κ1) is 14.6. The number of anilines is 1. The summed E-state index contributed by atoms with van der Waals surface area (Å²) in [5, 5.41) is 13.5. The molecule has 1 saturated heterocycles. The summed E-state index contributed by atoms with van der Waals surface area (Å²) in [5.74, 6) is 0.511. The highest BCUT2D eigenvalue weighted by molar-refractivity contribution is 6.33. The lowest BCUT2D eigenvalue weighted by atomic mass is 10.0. The summed E-state index contributed by atoms with van der Waals surface area (Å²) in [6.07, 6.45) is 1.11. The van der Waals surface area contributed by atoms with Crippen LogP contribution in [0.15, 0.2) is 18.2 Å². The number of nitrogens with zero attached hydrogens (tertiary/aromatic N) is 1. The number of hydrogen-bond acceptors (Lipinski definition) is 3. The minimum absolute atomic E-state index is 0.185. The van der Waals surface area contributed by atoms with Crippen LogP contribution in [-0.2, 0) is 0 Å². The normalized spacial score (nSPS) is 24.8. The Bertz CT molecular complexity index is 438. The molecule has 1 heterocycles. The van der Waals surface area contributed by atoms with Crippen molar-refractivity contribution < 1.29 is 5.11 Å². The van der Waals surface area contributed by atoms with E-state index in [1.165, 1.54) is 5.56 Å². The third kappa shape index (κ3) is 2.88. The van der Waals surface area contributed by atoms with Crippen molar-refractivity contribution in [3.05, 3.63) is 28.8 Å². The first-order valence-corrected chi connectivity index (χ1v) is 7.30. The Labute approximate surface area is 120 Å². The van der Waals surface area contributed by atoms with Crippen LogP contribution < -0.4 is 10.2 Å². The first-order valence-electron chi connectivity index (χ1n) is 6.92. The van der Waals surface area contributed by atoms with Crippen LogP contribution in [0.25, 0.3) is 0 Å². The second-order valence-electron chi connectivity index (χ2n) is 5.43. The summed E-state index contributed by atoms with van der Waals surface area (Å²) >= 11 is 6.43. The third-order valence-electron chi connectivity index (χ3n) is 4.28. The molecule has 3 nitrogen and oxygen atoms in total. The van der Waals surface area contributed by atoms with Gasteiger partial charge in [-0.2, -0.15) is 0 Å². The van der Waals surface area contributed by atoms with Crippen molar-refractivity contribution >= 4 is 17.3 Å². The zero-order valence-electron chi connectivity index (χ0n) is 11.9. The van der Waals surface area contributed by atoms with E-state index in [1.54, 1.807) is 0 Å². The Morgan fingerprint density at radius 2 is 2.26 bits per heavy atom. The van der Waals surface area contributed by atoms with E-state index in [1.807, 2.05) is 13.1 Å². The van der Waals surface area contributed by atoms with Crippen molar-refractivity contribution in [2.45, 2.75) is 32.4 Å². The van der Waals surface area contributed by atoms with Crippen LogP contribution >= 0.6 is 11.6 Å². The fourth-order valence-electron chi connectivity index (χ4n) is 2.78. The molecule has 1 aliphatic rings. The molecule has 1 aromatic rings. The monoisotopic (exact) mass is 282 g/mol. The maximum atomic E-state index is 9.55. The van der Waals surface area contributed by atoms with E-state index in [2.05, 4.69) is 36.2 Å². The van der Waals surface area contributed by atoms with Gasteiger partial charge in [0.1, 0.15) is 0 Å². The van der Waals surface area contributed by atoms with Gasteiger partial charge in [0.15, 0.2) is 0 Å². The molecule has 0 amide bonds. The summed E-state index contributed by atoms with van der Waals surface area (Å²) in [7, 11) is 1.94. The largest absolute Gasteiger partial charge is 0.394 e. The van der Waals surface area contributed by atoms with Crippen LogP contribution in [0.5, 0.6) is 0 Å². The molecule has 3 unspecified atom stereocenters. The van der Waals surface area contributed by atoms with Gasteiger partial charge in [0.25, 0.3) is 0 Å². The van der Waals surface area contributed by atoms with Crippen molar-refractivity contribution in [2.75, 3.05) is 25.1 Å². The van der Waals surface area contributed by atoms with Crippen LogP contribution in [0.4, 0.5) is 5.69 Å². The Hall–Kier alpha value is -0.770. The smallest absolute Gasteiger partial charge is 0.0643 e. The third-order valence-corrected chi connectivity index (χ3v) is 4.59. The van der Waals surface area contributed by atoms with Gasteiger partial charge in [-0.25, -0.2) is 0 Å². The summed E-state index contributed by atoms with van der Waals surface area (Å²) in [5.41, 5.74) is 2.22. The molecule has 1 aliphatic heterocycles. The summed E-state index contributed by atoms with van der Waals surface area (Å²) in [6.45, 7) is 5.45. The molecule has 106 valence electrons. The van der Waals surface area contributed by atoms with Gasteiger partial charge in [-0.3, -0.25) is 0 Å². The average Bonchev–Trinajstić information content (AvgIpc) is 2.78. The molecule has 2 rings (SSSR count). The number of nitrogens with one attached hydrogen (secondary N) is 1. The predicted molar refractivity (Wildman–Crippen MR) is 80.9 cm³/mol. The van der Waals surface area contributed by atoms with E-state index >= 15 is 0 Å². The highest BCUT2D eigenvalue weighted by atomic mass is 35.5. The molecule has 0 aliphatic carbocycles. The molecular weight excluding hydrogens is 260 g/mol. The van der Waals surface area contributed by atoms with Gasteiger partial charge in [0, 0.05) is 12.6 Å². The first-order chi connectivity index (χ1) is 9.08. The quantitative estimate of drug-likeness (QED) is 0.891. The van der Waals surface area contributed by atoms with Crippen LogP contribution in [0.2, 0.25) is 5.02 Å². The molecule has 0 spiro atoms. The van der Waals surface area contributed by atoms with Gasteiger partial charge in [-0.15, -0.1) is 0 Å². The molecule has 2 N–H and O–H groups in total. The topological polar surface area (TPSA) is 35.5 Å². The van der Waals surface area contributed by atoms with Crippen LogP contribution in [0, 0.1) is 5.92 Å². The minimum Gasteiger partial charge on any atom is -0.394 e. The van der Waals surface area contributed by atoms with Crippen molar-refractivity contribution in [1.82, 2.24) is 5.32 Å². The Kier molecular flexibility index (Phi) is 4.71. The molecule has 1 fully saturated rings. The maximum Gasteiger partial charge on any atom is 0.0643 e. The highest BCUT2D eigenvalue weighted by Crippen LogP contribution is 2.35. The van der Waals surface area contributed by atoms with Crippen molar-refractivity contribution in [3.63, 3.8) is 0 Å². The van der Waals surface area contributed by atoms with Crippen molar-refractivity contribution in [3.8, 4) is 0 Å². The second-order valence-corrected chi connectivity index (χ2v) is 5.84. The average molecular weight is 283 g/mol. The zero-order valence-corrected chi connectivity index (χ0v) is 12.6. The van der Waals surface area contributed by atoms with Gasteiger partial charge in [-0.1, -0.05) is 24.6 Å². The van der Waals surface area contributed by atoms with E-state index in [4.69, 9.17) is 11.6 Å². The van der Waals surface area contributed by atoms with Crippen molar-refractivity contribution in [2.24, 2.45) is 5.92 Å². The van der Waals surface area contributed by atoms with Gasteiger partial charge < -0.3 is 15.3 Å². The summed E-state index contributed by atoms with van der Waals surface area (Å²) in [6, 6.07) is 6.68. The molecule has 0 aromatic heterocycles. The second kappa shape index (κ2) is 6.12. The SMILES string of the molecule is CNC(C)c1ccc(N2CCC(C)C2CO)c(Cl)c1. The van der Waals surface area contributed by atoms with E-state index in [0.717, 1.165) is 23.7 Å². The van der Waals surface area contributed by atoms with Gasteiger partial charge in [0.05, 0.1) is 23.4 Å². The number of hydrogen-bond donors (Lipinski definition) is 2. The molecule has 4 heteroatoms. The molecule has 19 heavy (non-hydrogen) atoms. The van der Waals surface area contributed by atoms with Crippen LogP contribution in [0.1, 0.15) is 31.9 Å². The summed E-state index contributed by atoms with van der Waals surface area (Å²) < 4.78 is 0. The van der Waals surface area contributed by atoms with E-state index in [-0.39, 0.29) is 18.7 Å². The summed E-state index contributed by atoms with van der Waals surface area (Å²) in [4.78, 5) is 2.24. The Morgan fingerprint density at radius 3 is 2.84 bits per heavy atom. The van der Waals surface area contributed by atoms with Crippen LogP contribution in [-0.4, -0.2) is 31.3 Å². The lowest BCUT2D eigenvalue weighted by Gasteiger charge is -2.28. The maximum absolute atomic E-state index is 9.55. The van der Waals surface area contributed by atoms with E-state index < -0.39 is 0 Å². The Balaban J connectivity index is 2.26. The number of benzene rings is 1. The van der Waals surface area contributed by atoms with Gasteiger partial charge in [-0.05, 0) is 44.0 Å².